The molecule has 0 bridgehead atoms. The van der Waals surface area contributed by atoms with E-state index in [1.807, 2.05) is 13.0 Å². The third kappa shape index (κ3) is 1.17. The lowest BCUT2D eigenvalue weighted by atomic mass is 10.1. The molecule has 0 amide bonds. The molecule has 2 nitrogen and oxygen atoms in total. The monoisotopic (exact) mass is 237 g/mol. The predicted octanol–water partition coefficient (Wildman–Crippen LogP) is 2.12. The largest absolute Gasteiger partial charge is 0.290 e. The molecule has 0 heterocycles. The van der Waals surface area contributed by atoms with Crippen LogP contribution in [0, 0.1) is 17.2 Å². The molecule has 0 spiro atoms. The number of nitriles is 1. The summed E-state index contributed by atoms with van der Waals surface area (Å²) in [4.78, 5) is 11.2. The maximum absolute atomic E-state index is 11.2. The Balaban J connectivity index is 2.28. The van der Waals surface area contributed by atoms with Gasteiger partial charge in [-0.05, 0) is 30.6 Å². The quantitative estimate of drug-likeness (QED) is 0.656. The van der Waals surface area contributed by atoms with Gasteiger partial charge < -0.3 is 0 Å². The van der Waals surface area contributed by atoms with E-state index in [2.05, 4.69) is 22.0 Å². The zero-order valence-electron chi connectivity index (χ0n) is 7.17. The number of carbonyl (C=O) groups excluding carboxylic acids is 1. The van der Waals surface area contributed by atoms with Gasteiger partial charge in [0.15, 0.2) is 5.78 Å². The third-order valence-electron chi connectivity index (χ3n) is 2.67. The minimum atomic E-state index is -0.404. The number of hydrogen-bond acceptors (Lipinski definition) is 2. The van der Waals surface area contributed by atoms with E-state index in [1.54, 1.807) is 6.08 Å². The van der Waals surface area contributed by atoms with Crippen molar-refractivity contribution in [2.75, 3.05) is 0 Å². The first-order valence-corrected chi connectivity index (χ1v) is 4.91. The maximum atomic E-state index is 11.2. The molecule has 0 saturated heterocycles. The number of allylic oxidation sites excluding steroid dienone is 4. The number of nitrogens with zero attached hydrogens (tertiary/aromatic N) is 1. The molecule has 2 atom stereocenters. The van der Waals surface area contributed by atoms with Crippen LogP contribution in [0.4, 0.5) is 0 Å². The van der Waals surface area contributed by atoms with Gasteiger partial charge in [0, 0.05) is 5.92 Å². The normalized spacial score (nSPS) is 36.7. The lowest BCUT2D eigenvalue weighted by Crippen LogP contribution is -2.00. The van der Waals surface area contributed by atoms with Crippen LogP contribution >= 0.6 is 15.9 Å². The van der Waals surface area contributed by atoms with Crippen molar-refractivity contribution in [3.8, 4) is 6.07 Å². The van der Waals surface area contributed by atoms with Gasteiger partial charge in [-0.2, -0.15) is 5.26 Å². The van der Waals surface area contributed by atoms with E-state index in [4.69, 9.17) is 5.26 Å². The van der Waals surface area contributed by atoms with Crippen molar-refractivity contribution in [2.24, 2.45) is 5.92 Å². The average molecular weight is 238 g/mol. The Hall–Kier alpha value is -0.880. The Morgan fingerprint density at radius 1 is 1.69 bits per heavy atom. The Labute approximate surface area is 85.1 Å². The Morgan fingerprint density at radius 3 is 2.77 bits per heavy atom. The number of hydrogen-bond donors (Lipinski definition) is 0. The summed E-state index contributed by atoms with van der Waals surface area (Å²) in [5, 5.41) is 8.82. The fourth-order valence-corrected chi connectivity index (χ4v) is 2.22. The topological polar surface area (TPSA) is 40.9 Å². The highest BCUT2D eigenvalue weighted by Crippen LogP contribution is 2.56. The second kappa shape index (κ2) is 2.55. The highest BCUT2D eigenvalue weighted by atomic mass is 79.9. The first kappa shape index (κ1) is 8.71. The van der Waals surface area contributed by atoms with Gasteiger partial charge in [-0.1, -0.05) is 22.0 Å². The van der Waals surface area contributed by atoms with Crippen LogP contribution in [-0.2, 0) is 4.79 Å². The Morgan fingerprint density at radius 2 is 2.38 bits per heavy atom. The summed E-state index contributed by atoms with van der Waals surface area (Å²) in [7, 11) is 0. The number of ketones is 1. The van der Waals surface area contributed by atoms with E-state index in [1.165, 1.54) is 0 Å². The standard InChI is InChI=1S/C10H8BrNO/c1-6-7(2-3-9(6)13)8-4-10(8,11)5-12/h2-3,8H,4H2,1H3/t8-,10-/m0/s1. The van der Waals surface area contributed by atoms with Crippen LogP contribution in [0.2, 0.25) is 0 Å². The maximum Gasteiger partial charge on any atom is 0.181 e. The van der Waals surface area contributed by atoms with Gasteiger partial charge in [0.1, 0.15) is 4.32 Å². The zero-order chi connectivity index (χ0) is 9.64. The van der Waals surface area contributed by atoms with Gasteiger partial charge in [-0.15, -0.1) is 0 Å². The van der Waals surface area contributed by atoms with Crippen LogP contribution in [0.3, 0.4) is 0 Å². The molecule has 0 aromatic carbocycles. The number of alkyl halides is 1. The minimum absolute atomic E-state index is 0.0784. The van der Waals surface area contributed by atoms with Crippen molar-refractivity contribution >= 4 is 21.7 Å². The average Bonchev–Trinajstić information content (AvgIpc) is 2.68. The Bertz CT molecular complexity index is 388. The fraction of sp³-hybridized carbons (Fsp3) is 0.400. The van der Waals surface area contributed by atoms with E-state index in [0.717, 1.165) is 17.6 Å². The van der Waals surface area contributed by atoms with E-state index in [9.17, 15) is 4.79 Å². The number of halogens is 1. The van der Waals surface area contributed by atoms with E-state index in [0.29, 0.717) is 0 Å². The molecule has 3 heteroatoms. The predicted molar refractivity (Wildman–Crippen MR) is 52.2 cm³/mol. The van der Waals surface area contributed by atoms with Crippen LogP contribution in [0.5, 0.6) is 0 Å². The molecule has 13 heavy (non-hydrogen) atoms. The van der Waals surface area contributed by atoms with Crippen molar-refractivity contribution in [3.05, 3.63) is 23.3 Å². The molecular weight excluding hydrogens is 230 g/mol. The summed E-state index contributed by atoms with van der Waals surface area (Å²) >= 11 is 3.37. The number of rotatable bonds is 1. The molecule has 2 aliphatic rings. The molecule has 0 aromatic heterocycles. The molecule has 0 unspecified atom stereocenters. The van der Waals surface area contributed by atoms with Gasteiger partial charge in [-0.25, -0.2) is 0 Å². The summed E-state index contributed by atoms with van der Waals surface area (Å²) in [6.45, 7) is 1.82. The summed E-state index contributed by atoms with van der Waals surface area (Å²) in [5.74, 6) is 0.287. The smallest absolute Gasteiger partial charge is 0.181 e. The first-order chi connectivity index (χ1) is 6.08. The second-order valence-corrected chi connectivity index (χ2v) is 4.92. The molecule has 2 rings (SSSR count). The van der Waals surface area contributed by atoms with Crippen molar-refractivity contribution in [1.29, 1.82) is 5.26 Å². The first-order valence-electron chi connectivity index (χ1n) is 4.12. The van der Waals surface area contributed by atoms with Crippen LogP contribution in [0.1, 0.15) is 13.3 Å². The van der Waals surface area contributed by atoms with Gasteiger partial charge >= 0.3 is 0 Å². The molecule has 66 valence electrons. The summed E-state index contributed by atoms with van der Waals surface area (Å²) in [6.07, 6.45) is 4.23. The summed E-state index contributed by atoms with van der Waals surface area (Å²) in [5.41, 5.74) is 1.82. The van der Waals surface area contributed by atoms with Gasteiger partial charge in [0.05, 0.1) is 6.07 Å². The van der Waals surface area contributed by atoms with Gasteiger partial charge in [0.2, 0.25) is 0 Å². The highest BCUT2D eigenvalue weighted by molar-refractivity contribution is 9.10. The molecule has 0 N–H and O–H groups in total. The summed E-state index contributed by atoms with van der Waals surface area (Å²) in [6, 6.07) is 2.21. The molecule has 0 aliphatic heterocycles. The lowest BCUT2D eigenvalue weighted by Gasteiger charge is -2.00. The van der Waals surface area contributed by atoms with Crippen molar-refractivity contribution in [3.63, 3.8) is 0 Å². The van der Waals surface area contributed by atoms with Crippen LogP contribution < -0.4 is 0 Å². The molecule has 0 aromatic rings. The second-order valence-electron chi connectivity index (χ2n) is 3.51. The molecular formula is C10H8BrNO. The molecule has 1 saturated carbocycles. The lowest BCUT2D eigenvalue weighted by molar-refractivity contribution is -0.111. The molecule has 0 radical (unpaired) electrons. The Kier molecular flexibility index (Phi) is 1.71. The van der Waals surface area contributed by atoms with E-state index in [-0.39, 0.29) is 11.7 Å². The van der Waals surface area contributed by atoms with Crippen molar-refractivity contribution < 1.29 is 4.79 Å². The minimum Gasteiger partial charge on any atom is -0.290 e. The summed E-state index contributed by atoms with van der Waals surface area (Å²) < 4.78 is -0.404. The van der Waals surface area contributed by atoms with E-state index >= 15 is 0 Å². The SMILES string of the molecule is CC1=C([C@@H]2C[C@]2(Br)C#N)C=CC1=O. The van der Waals surface area contributed by atoms with Gasteiger partial charge in [0.25, 0.3) is 0 Å². The molecule has 2 aliphatic carbocycles. The van der Waals surface area contributed by atoms with Crippen molar-refractivity contribution in [1.82, 2.24) is 0 Å². The highest BCUT2D eigenvalue weighted by Gasteiger charge is 2.55. The van der Waals surface area contributed by atoms with E-state index < -0.39 is 4.32 Å². The third-order valence-corrected chi connectivity index (χ3v) is 3.73. The van der Waals surface area contributed by atoms with Crippen LogP contribution in [0.25, 0.3) is 0 Å². The number of carbonyl (C=O) groups is 1. The van der Waals surface area contributed by atoms with Crippen LogP contribution in [-0.4, -0.2) is 10.1 Å². The van der Waals surface area contributed by atoms with Gasteiger partial charge in [-0.3, -0.25) is 4.79 Å². The van der Waals surface area contributed by atoms with Crippen LogP contribution in [0.15, 0.2) is 23.3 Å². The fourth-order valence-electron chi connectivity index (χ4n) is 1.65. The van der Waals surface area contributed by atoms with Crippen molar-refractivity contribution in [2.45, 2.75) is 17.7 Å². The molecule has 1 fully saturated rings. The zero-order valence-corrected chi connectivity index (χ0v) is 8.76.